The van der Waals surface area contributed by atoms with Crippen LogP contribution in [0.25, 0.3) is 10.9 Å². The molecular formula is C30H31N3O5S. The number of rotatable bonds is 9. The van der Waals surface area contributed by atoms with E-state index in [9.17, 15) is 13.2 Å². The molecule has 8 nitrogen and oxygen atoms in total. The Morgan fingerprint density at radius 3 is 2.62 bits per heavy atom. The Kier molecular flexibility index (Phi) is 6.88. The van der Waals surface area contributed by atoms with Gasteiger partial charge in [0, 0.05) is 28.8 Å². The summed E-state index contributed by atoms with van der Waals surface area (Å²) in [6, 6.07) is 14.1. The number of carbonyl (C=O) groups excluding carboxylic acids is 1. The number of aromatic nitrogens is 3. The number of sulfone groups is 1. The summed E-state index contributed by atoms with van der Waals surface area (Å²) in [6.07, 6.45) is 3.43. The smallest absolute Gasteiger partial charge is 0.232 e. The van der Waals surface area contributed by atoms with Crippen LogP contribution in [0.5, 0.6) is 11.6 Å². The zero-order chi connectivity index (χ0) is 27.9. The van der Waals surface area contributed by atoms with E-state index in [0.29, 0.717) is 40.2 Å². The third-order valence-corrected chi connectivity index (χ3v) is 8.79. The quantitative estimate of drug-likeness (QED) is 0.292. The summed E-state index contributed by atoms with van der Waals surface area (Å²) in [5.41, 5.74) is 2.39. The number of hydrogen-bond acceptors (Lipinski definition) is 8. The van der Waals surface area contributed by atoms with E-state index in [2.05, 4.69) is 15.0 Å². The number of carbonyl (C=O) groups is 1. The van der Waals surface area contributed by atoms with Gasteiger partial charge in [0.15, 0.2) is 15.6 Å². The summed E-state index contributed by atoms with van der Waals surface area (Å²) >= 11 is 0. The number of aryl methyl sites for hydroxylation is 2. The minimum Gasteiger partial charge on any atom is -0.496 e. The van der Waals surface area contributed by atoms with Crippen LogP contribution in [0, 0.1) is 13.8 Å². The minimum atomic E-state index is -4.00. The van der Waals surface area contributed by atoms with Gasteiger partial charge in [-0.1, -0.05) is 23.8 Å². The molecule has 0 N–H and O–H groups in total. The first-order valence-corrected chi connectivity index (χ1v) is 14.5. The van der Waals surface area contributed by atoms with Crippen molar-refractivity contribution in [2.75, 3.05) is 12.9 Å². The molecule has 0 spiro atoms. The van der Waals surface area contributed by atoms with E-state index in [1.807, 2.05) is 45.9 Å². The fourth-order valence-electron chi connectivity index (χ4n) is 5.25. The van der Waals surface area contributed by atoms with Crippen molar-refractivity contribution in [3.05, 3.63) is 83.4 Å². The Balaban J connectivity index is 1.58. The van der Waals surface area contributed by atoms with Crippen molar-refractivity contribution in [2.45, 2.75) is 56.4 Å². The van der Waals surface area contributed by atoms with E-state index in [-0.39, 0.29) is 16.9 Å². The molecule has 9 heteroatoms. The summed E-state index contributed by atoms with van der Waals surface area (Å²) in [6.45, 7) is 7.56. The Hall–Kier alpha value is -3.85. The predicted molar refractivity (Wildman–Crippen MR) is 148 cm³/mol. The van der Waals surface area contributed by atoms with E-state index in [1.165, 1.54) is 12.3 Å². The second-order valence-electron chi connectivity index (χ2n) is 10.3. The topological polar surface area (TPSA) is 108 Å². The minimum absolute atomic E-state index is 0.0940. The van der Waals surface area contributed by atoms with Crippen molar-refractivity contribution in [1.82, 2.24) is 15.0 Å². The number of pyridine rings is 1. The molecule has 1 aliphatic carbocycles. The lowest BCUT2D eigenvalue weighted by Gasteiger charge is -2.21. The number of fused-ring (bicyclic) bond motifs is 1. The molecule has 1 fully saturated rings. The van der Waals surface area contributed by atoms with Gasteiger partial charge in [0.1, 0.15) is 11.5 Å². The van der Waals surface area contributed by atoms with Gasteiger partial charge in [-0.05, 0) is 64.4 Å². The van der Waals surface area contributed by atoms with Gasteiger partial charge in [-0.15, -0.1) is 0 Å². The van der Waals surface area contributed by atoms with Crippen molar-refractivity contribution >= 4 is 26.5 Å². The highest BCUT2D eigenvalue weighted by Crippen LogP contribution is 2.62. The SMILES string of the molecule is COc1ccc(C)cc1[C@]1(C(=O)CS(=O)(=O)c2cccc3nc(C)ccc23)C[C@@H]1c1cncc(OC(C)C)n1. The van der Waals surface area contributed by atoms with Gasteiger partial charge >= 0.3 is 0 Å². The van der Waals surface area contributed by atoms with Crippen LogP contribution >= 0.6 is 0 Å². The van der Waals surface area contributed by atoms with Crippen LogP contribution in [-0.4, -0.2) is 48.1 Å². The average molecular weight is 546 g/mol. The molecule has 5 rings (SSSR count). The first-order valence-electron chi connectivity index (χ1n) is 12.8. The van der Waals surface area contributed by atoms with Crippen molar-refractivity contribution in [2.24, 2.45) is 0 Å². The lowest BCUT2D eigenvalue weighted by molar-refractivity contribution is -0.119. The number of methoxy groups -OCH3 is 1. The first kappa shape index (κ1) is 26.7. The summed E-state index contributed by atoms with van der Waals surface area (Å²) < 4.78 is 38.9. The van der Waals surface area contributed by atoms with Crippen LogP contribution in [0.15, 0.2) is 65.8 Å². The van der Waals surface area contributed by atoms with Gasteiger partial charge in [-0.2, -0.15) is 0 Å². The zero-order valence-electron chi connectivity index (χ0n) is 22.6. The highest BCUT2D eigenvalue weighted by Gasteiger charge is 2.63. The highest BCUT2D eigenvalue weighted by atomic mass is 32.2. The van der Waals surface area contributed by atoms with Gasteiger partial charge in [0.2, 0.25) is 5.88 Å². The Morgan fingerprint density at radius 1 is 1.08 bits per heavy atom. The molecule has 1 saturated carbocycles. The number of benzene rings is 2. The van der Waals surface area contributed by atoms with Crippen LogP contribution in [0.1, 0.15) is 48.7 Å². The van der Waals surface area contributed by atoms with Crippen LogP contribution in [-0.2, 0) is 20.0 Å². The maximum atomic E-state index is 14.2. The maximum Gasteiger partial charge on any atom is 0.232 e. The van der Waals surface area contributed by atoms with E-state index < -0.39 is 26.8 Å². The molecule has 0 unspecified atom stereocenters. The van der Waals surface area contributed by atoms with Crippen LogP contribution < -0.4 is 9.47 Å². The molecule has 0 radical (unpaired) electrons. The van der Waals surface area contributed by atoms with Crippen molar-refractivity contribution in [1.29, 1.82) is 0 Å². The molecule has 1 aliphatic rings. The number of nitrogens with zero attached hydrogens (tertiary/aromatic N) is 3. The number of Topliss-reactive ketones (excluding diaryl/α,β-unsaturated/α-hetero) is 1. The highest BCUT2D eigenvalue weighted by molar-refractivity contribution is 7.92. The fraction of sp³-hybridized carbons (Fsp3) is 0.333. The molecule has 2 aromatic carbocycles. The monoisotopic (exact) mass is 545 g/mol. The third kappa shape index (κ3) is 4.98. The molecule has 0 amide bonds. The largest absolute Gasteiger partial charge is 0.496 e. The van der Waals surface area contributed by atoms with Gasteiger partial charge < -0.3 is 9.47 Å². The zero-order valence-corrected chi connectivity index (χ0v) is 23.5. The lowest BCUT2D eigenvalue weighted by atomic mass is 9.87. The number of hydrogen-bond donors (Lipinski definition) is 0. The maximum absolute atomic E-state index is 14.2. The van der Waals surface area contributed by atoms with E-state index >= 15 is 0 Å². The fourth-order valence-corrected chi connectivity index (χ4v) is 6.81. The lowest BCUT2D eigenvalue weighted by Crippen LogP contribution is -2.30. The van der Waals surface area contributed by atoms with E-state index in [0.717, 1.165) is 11.3 Å². The van der Waals surface area contributed by atoms with Crippen molar-refractivity contribution in [3.63, 3.8) is 0 Å². The van der Waals surface area contributed by atoms with Gasteiger partial charge in [-0.25, -0.2) is 13.4 Å². The molecule has 4 aromatic rings. The summed E-state index contributed by atoms with van der Waals surface area (Å²) in [5.74, 6) is -0.566. The Labute approximate surface area is 228 Å². The molecule has 0 aliphatic heterocycles. The molecule has 0 saturated heterocycles. The third-order valence-electron chi connectivity index (χ3n) is 7.13. The number of ketones is 1. The summed E-state index contributed by atoms with van der Waals surface area (Å²) in [4.78, 5) is 27.7. The van der Waals surface area contributed by atoms with Crippen LogP contribution in [0.4, 0.5) is 0 Å². The second-order valence-corrected chi connectivity index (χ2v) is 12.3. The summed E-state index contributed by atoms with van der Waals surface area (Å²) in [7, 11) is -2.46. The molecular weight excluding hydrogens is 514 g/mol. The average Bonchev–Trinajstić information content (AvgIpc) is 3.65. The summed E-state index contributed by atoms with van der Waals surface area (Å²) in [5, 5.41) is 0.495. The Bertz CT molecular complexity index is 1690. The van der Waals surface area contributed by atoms with Gasteiger partial charge in [0.05, 0.1) is 40.9 Å². The van der Waals surface area contributed by atoms with Crippen LogP contribution in [0.2, 0.25) is 0 Å². The molecule has 39 heavy (non-hydrogen) atoms. The van der Waals surface area contributed by atoms with E-state index in [1.54, 1.807) is 37.6 Å². The molecule has 0 bridgehead atoms. The molecule has 2 aromatic heterocycles. The van der Waals surface area contributed by atoms with Gasteiger partial charge in [-0.3, -0.25) is 14.8 Å². The van der Waals surface area contributed by atoms with Crippen molar-refractivity contribution in [3.8, 4) is 11.6 Å². The molecule has 202 valence electrons. The van der Waals surface area contributed by atoms with Crippen LogP contribution in [0.3, 0.4) is 0 Å². The molecule has 2 atom stereocenters. The molecule has 2 heterocycles. The first-order chi connectivity index (χ1) is 18.5. The number of ether oxygens (including phenoxy) is 2. The normalized spacial score (nSPS) is 18.8. The predicted octanol–water partition coefficient (Wildman–Crippen LogP) is 4.91. The van der Waals surface area contributed by atoms with E-state index in [4.69, 9.17) is 9.47 Å². The van der Waals surface area contributed by atoms with Gasteiger partial charge in [0.25, 0.3) is 0 Å². The standard InChI is InChI=1S/C30H31N3O5S/c1-18(2)38-29-16-31-15-25(33-29)23-14-30(23,22-13-19(3)9-12-26(22)37-5)28(34)17-39(35,36)27-8-6-7-24-21(27)11-10-20(4)32-24/h6-13,15-16,18,23H,14,17H2,1-5H3/t23-,30-/m1/s1. The van der Waals surface area contributed by atoms with Crippen molar-refractivity contribution < 1.29 is 22.7 Å². The Morgan fingerprint density at radius 2 is 1.87 bits per heavy atom. The second kappa shape index (κ2) is 10.0.